The summed E-state index contributed by atoms with van der Waals surface area (Å²) in [5.41, 5.74) is -0.737. The van der Waals surface area contributed by atoms with E-state index in [-0.39, 0.29) is 11.7 Å². The van der Waals surface area contributed by atoms with Crippen molar-refractivity contribution in [3.63, 3.8) is 0 Å². The number of halogens is 3. The predicted molar refractivity (Wildman–Crippen MR) is 117 cm³/mol. The molecule has 3 rings (SSSR count). The Hall–Kier alpha value is -1.52. The van der Waals surface area contributed by atoms with Gasteiger partial charge in [0.2, 0.25) is 0 Å². The summed E-state index contributed by atoms with van der Waals surface area (Å²) in [5, 5.41) is 0. The Morgan fingerprint density at radius 2 is 1.39 bits per heavy atom. The van der Waals surface area contributed by atoms with Crippen molar-refractivity contribution < 1.29 is 22.7 Å². The molecule has 0 heterocycles. The maximum absolute atomic E-state index is 12.6. The first-order valence-corrected chi connectivity index (χ1v) is 12.2. The lowest BCUT2D eigenvalue weighted by atomic mass is 9.68. The van der Waals surface area contributed by atoms with Crippen LogP contribution in [0.1, 0.15) is 96.0 Å². The fraction of sp³-hybridized carbons (Fsp3) is 0.731. The van der Waals surface area contributed by atoms with Crippen LogP contribution in [0.4, 0.5) is 13.2 Å². The van der Waals surface area contributed by atoms with Crippen LogP contribution in [0, 0.1) is 23.7 Å². The van der Waals surface area contributed by atoms with Gasteiger partial charge in [0, 0.05) is 6.42 Å². The van der Waals surface area contributed by atoms with Crippen LogP contribution < -0.4 is 4.74 Å². The lowest BCUT2D eigenvalue weighted by Gasteiger charge is -2.38. The molecular formula is C26H37F3O2. The number of esters is 1. The number of hydrogen-bond acceptors (Lipinski definition) is 2. The molecule has 0 saturated heterocycles. The molecular weight excluding hydrogens is 401 g/mol. The van der Waals surface area contributed by atoms with Gasteiger partial charge in [-0.25, -0.2) is 0 Å². The number of ether oxygens (including phenoxy) is 1. The first-order chi connectivity index (χ1) is 14.8. The summed E-state index contributed by atoms with van der Waals surface area (Å²) in [6, 6.07) is 4.31. The van der Waals surface area contributed by atoms with E-state index < -0.39 is 11.7 Å². The molecule has 2 aliphatic carbocycles. The van der Waals surface area contributed by atoms with E-state index >= 15 is 0 Å². The third-order valence-corrected chi connectivity index (χ3v) is 7.59. The molecule has 0 spiro atoms. The first kappa shape index (κ1) is 24.1. The fourth-order valence-corrected chi connectivity index (χ4v) is 5.61. The van der Waals surface area contributed by atoms with E-state index in [9.17, 15) is 18.0 Å². The fourth-order valence-electron chi connectivity index (χ4n) is 5.61. The second-order valence-electron chi connectivity index (χ2n) is 9.74. The smallest absolute Gasteiger partial charge is 0.416 e. The summed E-state index contributed by atoms with van der Waals surface area (Å²) in [5.74, 6) is 3.12. The number of unbranched alkanes of at least 4 members (excludes halogenated alkanes) is 1. The van der Waals surface area contributed by atoms with E-state index in [4.69, 9.17) is 4.74 Å². The quantitative estimate of drug-likeness (QED) is 0.302. The topological polar surface area (TPSA) is 26.3 Å². The van der Waals surface area contributed by atoms with Gasteiger partial charge in [0.25, 0.3) is 0 Å². The summed E-state index contributed by atoms with van der Waals surface area (Å²) in [6.45, 7) is 2.28. The molecule has 2 saturated carbocycles. The third kappa shape index (κ3) is 7.54. The minimum Gasteiger partial charge on any atom is -0.427 e. The average Bonchev–Trinajstić information content (AvgIpc) is 2.77. The Bertz CT molecular complexity index is 667. The zero-order chi connectivity index (χ0) is 22.3. The number of rotatable bonds is 8. The number of carbonyl (C=O) groups excluding carboxylic acids is 1. The van der Waals surface area contributed by atoms with Crippen molar-refractivity contribution in [2.75, 3.05) is 0 Å². The molecule has 2 fully saturated rings. The van der Waals surface area contributed by atoms with Gasteiger partial charge in [-0.3, -0.25) is 4.79 Å². The Balaban J connectivity index is 1.32. The van der Waals surface area contributed by atoms with Crippen LogP contribution in [0.2, 0.25) is 0 Å². The highest BCUT2D eigenvalue weighted by molar-refractivity contribution is 5.72. The van der Waals surface area contributed by atoms with Crippen molar-refractivity contribution >= 4 is 5.97 Å². The molecule has 0 amide bonds. The molecule has 0 bridgehead atoms. The van der Waals surface area contributed by atoms with E-state index in [0.717, 1.165) is 36.3 Å². The van der Waals surface area contributed by atoms with Crippen LogP contribution in [-0.2, 0) is 11.0 Å². The predicted octanol–water partition coefficient (Wildman–Crippen LogP) is 8.19. The molecule has 0 radical (unpaired) electrons. The molecule has 0 N–H and O–H groups in total. The number of carbonyl (C=O) groups is 1. The molecule has 0 unspecified atom stereocenters. The van der Waals surface area contributed by atoms with E-state index in [0.29, 0.717) is 12.3 Å². The minimum atomic E-state index is -4.38. The van der Waals surface area contributed by atoms with Crippen molar-refractivity contribution in [3.8, 4) is 5.75 Å². The SMILES string of the molecule is CCCCC1CCC(C2CCC(CCC(=O)Oc3ccc(C(F)(F)F)cc3)CC2)CC1. The molecule has 2 aliphatic rings. The van der Waals surface area contributed by atoms with Gasteiger partial charge in [-0.05, 0) is 80.0 Å². The van der Waals surface area contributed by atoms with E-state index in [2.05, 4.69) is 6.92 Å². The van der Waals surface area contributed by atoms with Crippen LogP contribution in [0.3, 0.4) is 0 Å². The van der Waals surface area contributed by atoms with E-state index in [1.165, 1.54) is 82.8 Å². The Labute approximate surface area is 184 Å². The van der Waals surface area contributed by atoms with Gasteiger partial charge in [-0.1, -0.05) is 51.9 Å². The Kier molecular flexibility index (Phi) is 8.85. The monoisotopic (exact) mass is 438 g/mol. The molecule has 174 valence electrons. The number of benzene rings is 1. The van der Waals surface area contributed by atoms with Gasteiger partial charge in [-0.15, -0.1) is 0 Å². The summed E-state index contributed by atoms with van der Waals surface area (Å²) < 4.78 is 43.0. The summed E-state index contributed by atoms with van der Waals surface area (Å²) >= 11 is 0. The van der Waals surface area contributed by atoms with Crippen LogP contribution in [-0.4, -0.2) is 5.97 Å². The lowest BCUT2D eigenvalue weighted by molar-refractivity contribution is -0.137. The Morgan fingerprint density at radius 3 is 1.87 bits per heavy atom. The third-order valence-electron chi connectivity index (χ3n) is 7.59. The van der Waals surface area contributed by atoms with Crippen molar-refractivity contribution in [2.24, 2.45) is 23.7 Å². The lowest BCUT2D eigenvalue weighted by Crippen LogP contribution is -2.26. The van der Waals surface area contributed by atoms with Crippen molar-refractivity contribution in [2.45, 2.75) is 96.6 Å². The van der Waals surface area contributed by atoms with Crippen molar-refractivity contribution in [3.05, 3.63) is 29.8 Å². The molecule has 31 heavy (non-hydrogen) atoms. The molecule has 0 atom stereocenters. The Morgan fingerprint density at radius 1 is 0.871 bits per heavy atom. The second kappa shape index (κ2) is 11.4. The van der Waals surface area contributed by atoms with E-state index in [1.54, 1.807) is 0 Å². The van der Waals surface area contributed by atoms with Gasteiger partial charge < -0.3 is 4.74 Å². The molecule has 0 aromatic heterocycles. The average molecular weight is 439 g/mol. The van der Waals surface area contributed by atoms with Crippen molar-refractivity contribution in [1.82, 2.24) is 0 Å². The van der Waals surface area contributed by atoms with Crippen LogP contribution in [0.15, 0.2) is 24.3 Å². The number of hydrogen-bond donors (Lipinski definition) is 0. The second-order valence-corrected chi connectivity index (χ2v) is 9.74. The molecule has 2 nitrogen and oxygen atoms in total. The molecule has 1 aromatic carbocycles. The van der Waals surface area contributed by atoms with Gasteiger partial charge >= 0.3 is 12.1 Å². The summed E-state index contributed by atoms with van der Waals surface area (Å²) in [7, 11) is 0. The van der Waals surface area contributed by atoms with Gasteiger partial charge in [0.05, 0.1) is 5.56 Å². The molecule has 1 aromatic rings. The first-order valence-electron chi connectivity index (χ1n) is 12.2. The maximum Gasteiger partial charge on any atom is 0.416 e. The zero-order valence-electron chi connectivity index (χ0n) is 18.8. The minimum absolute atomic E-state index is 0.177. The van der Waals surface area contributed by atoms with Gasteiger partial charge in [0.1, 0.15) is 5.75 Å². The van der Waals surface area contributed by atoms with Crippen LogP contribution in [0.25, 0.3) is 0 Å². The molecule has 0 aliphatic heterocycles. The summed E-state index contributed by atoms with van der Waals surface area (Å²) in [6.07, 6.45) is 11.5. The van der Waals surface area contributed by atoms with Gasteiger partial charge in [-0.2, -0.15) is 13.2 Å². The highest BCUT2D eigenvalue weighted by Gasteiger charge is 2.31. The normalized spacial score (nSPS) is 27.1. The van der Waals surface area contributed by atoms with Gasteiger partial charge in [0.15, 0.2) is 0 Å². The van der Waals surface area contributed by atoms with Crippen LogP contribution in [0.5, 0.6) is 5.75 Å². The highest BCUT2D eigenvalue weighted by atomic mass is 19.4. The maximum atomic E-state index is 12.6. The number of alkyl halides is 3. The summed E-state index contributed by atoms with van der Waals surface area (Å²) in [4.78, 5) is 12.1. The van der Waals surface area contributed by atoms with E-state index in [1.807, 2.05) is 0 Å². The zero-order valence-corrected chi connectivity index (χ0v) is 18.8. The standard InChI is InChI=1S/C26H37F3O2/c1-2-3-4-19-5-10-21(11-6-19)22-12-7-20(8-13-22)9-18-25(30)31-24-16-14-23(15-17-24)26(27,28)29/h14-17,19-22H,2-13,18H2,1H3. The largest absolute Gasteiger partial charge is 0.427 e. The van der Waals surface area contributed by atoms with Crippen molar-refractivity contribution in [1.29, 1.82) is 0 Å². The van der Waals surface area contributed by atoms with Crippen LogP contribution >= 0.6 is 0 Å². The highest BCUT2D eigenvalue weighted by Crippen LogP contribution is 2.43. The molecule has 5 heteroatoms.